The topological polar surface area (TPSA) is 59.2 Å². The number of carbonyl (C=O) groups is 1. The lowest BCUT2D eigenvalue weighted by Gasteiger charge is -2.39. The van der Waals surface area contributed by atoms with Gasteiger partial charge in [0.2, 0.25) is 0 Å². The van der Waals surface area contributed by atoms with Gasteiger partial charge in [0.25, 0.3) is 5.91 Å². The Labute approximate surface area is 112 Å². The van der Waals surface area contributed by atoms with Gasteiger partial charge in [0.1, 0.15) is 5.82 Å². The minimum atomic E-state index is -0.0101. The van der Waals surface area contributed by atoms with Crippen molar-refractivity contribution in [3.05, 3.63) is 22.8 Å². The number of rotatable bonds is 1. The number of hydrogen-bond acceptors (Lipinski definition) is 3. The molecule has 1 saturated heterocycles. The summed E-state index contributed by atoms with van der Waals surface area (Å²) >= 11 is 5.91. The molecule has 4 nitrogen and oxygen atoms in total. The van der Waals surface area contributed by atoms with Gasteiger partial charge in [-0.25, -0.2) is 4.98 Å². The average Bonchev–Trinajstić information content (AvgIpc) is 2.32. The third kappa shape index (κ3) is 2.43. The van der Waals surface area contributed by atoms with Crippen LogP contribution >= 0.6 is 11.6 Å². The van der Waals surface area contributed by atoms with Gasteiger partial charge in [-0.3, -0.25) is 4.79 Å². The molecule has 0 bridgehead atoms. The van der Waals surface area contributed by atoms with Crippen LogP contribution < -0.4 is 5.73 Å². The monoisotopic (exact) mass is 267 g/mol. The summed E-state index contributed by atoms with van der Waals surface area (Å²) in [5.41, 5.74) is 6.06. The zero-order chi connectivity index (χ0) is 13.3. The minimum Gasteiger partial charge on any atom is -0.382 e. The third-order valence-corrected chi connectivity index (χ3v) is 3.85. The Kier molecular flexibility index (Phi) is 3.76. The van der Waals surface area contributed by atoms with Crippen LogP contribution in [0.5, 0.6) is 0 Å². The van der Waals surface area contributed by atoms with Crippen molar-refractivity contribution in [3.63, 3.8) is 0 Å². The van der Waals surface area contributed by atoms with Crippen LogP contribution in [0.2, 0.25) is 5.02 Å². The maximum Gasteiger partial charge on any atom is 0.255 e. The van der Waals surface area contributed by atoms with E-state index in [0.717, 1.165) is 12.8 Å². The summed E-state index contributed by atoms with van der Waals surface area (Å²) in [5, 5.41) is 0.332. The molecule has 0 spiro atoms. The second-order valence-electron chi connectivity index (χ2n) is 4.93. The van der Waals surface area contributed by atoms with Gasteiger partial charge in [-0.2, -0.15) is 0 Å². The Hall–Kier alpha value is -1.29. The Morgan fingerprint density at radius 1 is 1.44 bits per heavy atom. The number of pyridine rings is 1. The lowest BCUT2D eigenvalue weighted by Crippen LogP contribution is -2.47. The number of amides is 1. The molecule has 0 aliphatic carbocycles. The van der Waals surface area contributed by atoms with Gasteiger partial charge in [0.15, 0.2) is 0 Å². The molecule has 2 heterocycles. The van der Waals surface area contributed by atoms with Gasteiger partial charge in [0.05, 0.1) is 10.6 Å². The number of halogens is 1. The maximum absolute atomic E-state index is 12.5. The van der Waals surface area contributed by atoms with Crippen LogP contribution in [0, 0.1) is 0 Å². The van der Waals surface area contributed by atoms with E-state index in [-0.39, 0.29) is 23.8 Å². The minimum absolute atomic E-state index is 0.0101. The smallest absolute Gasteiger partial charge is 0.255 e. The first-order valence-corrected chi connectivity index (χ1v) is 6.62. The van der Waals surface area contributed by atoms with Gasteiger partial charge in [0, 0.05) is 18.3 Å². The van der Waals surface area contributed by atoms with Crippen molar-refractivity contribution in [1.82, 2.24) is 9.88 Å². The van der Waals surface area contributed by atoms with Crippen molar-refractivity contribution in [1.29, 1.82) is 0 Å². The SMILES string of the molecule is CC1CCCC(C)N1C(=O)c1cnc(N)c(Cl)c1. The summed E-state index contributed by atoms with van der Waals surface area (Å²) in [5.74, 6) is 0.247. The second-order valence-corrected chi connectivity index (χ2v) is 5.34. The molecule has 2 rings (SSSR count). The highest BCUT2D eigenvalue weighted by molar-refractivity contribution is 6.33. The lowest BCUT2D eigenvalue weighted by atomic mass is 9.96. The Bertz CT molecular complexity index is 454. The highest BCUT2D eigenvalue weighted by Gasteiger charge is 2.29. The highest BCUT2D eigenvalue weighted by atomic mass is 35.5. The third-order valence-electron chi connectivity index (χ3n) is 3.54. The van der Waals surface area contributed by atoms with E-state index in [2.05, 4.69) is 18.8 Å². The van der Waals surface area contributed by atoms with Crippen LogP contribution in [-0.4, -0.2) is 27.9 Å². The molecule has 2 unspecified atom stereocenters. The number of carbonyl (C=O) groups excluding carboxylic acids is 1. The number of nitrogen functional groups attached to an aromatic ring is 1. The van der Waals surface area contributed by atoms with Crippen LogP contribution in [0.1, 0.15) is 43.5 Å². The predicted octanol–water partition coefficient (Wildman–Crippen LogP) is 2.72. The molecule has 1 aliphatic rings. The summed E-state index contributed by atoms with van der Waals surface area (Å²) in [6, 6.07) is 2.12. The molecule has 1 fully saturated rings. The molecule has 2 atom stereocenters. The van der Waals surface area contributed by atoms with E-state index in [1.54, 1.807) is 6.07 Å². The van der Waals surface area contributed by atoms with Crippen molar-refractivity contribution < 1.29 is 4.79 Å². The first-order valence-electron chi connectivity index (χ1n) is 6.24. The molecule has 18 heavy (non-hydrogen) atoms. The normalized spacial score (nSPS) is 24.1. The van der Waals surface area contributed by atoms with E-state index in [9.17, 15) is 4.79 Å². The number of hydrogen-bond donors (Lipinski definition) is 1. The Balaban J connectivity index is 2.26. The average molecular weight is 268 g/mol. The Morgan fingerprint density at radius 3 is 2.61 bits per heavy atom. The van der Waals surface area contributed by atoms with Gasteiger partial charge in [-0.1, -0.05) is 11.6 Å². The van der Waals surface area contributed by atoms with E-state index in [1.165, 1.54) is 12.6 Å². The second kappa shape index (κ2) is 5.14. The summed E-state index contributed by atoms with van der Waals surface area (Å²) in [7, 11) is 0. The van der Waals surface area contributed by atoms with E-state index < -0.39 is 0 Å². The molecule has 2 N–H and O–H groups in total. The molecular formula is C13H18ClN3O. The first-order chi connectivity index (χ1) is 8.50. The van der Waals surface area contributed by atoms with E-state index in [0.29, 0.717) is 10.6 Å². The Morgan fingerprint density at radius 2 is 2.06 bits per heavy atom. The number of piperidine rings is 1. The molecule has 1 amide bonds. The van der Waals surface area contributed by atoms with Crippen LogP contribution in [-0.2, 0) is 0 Å². The van der Waals surface area contributed by atoms with Crippen molar-refractivity contribution in [2.75, 3.05) is 5.73 Å². The molecule has 1 aromatic heterocycles. The summed E-state index contributed by atoms with van der Waals surface area (Å²) in [4.78, 5) is 18.3. The first kappa shape index (κ1) is 13.1. The largest absolute Gasteiger partial charge is 0.382 e. The van der Waals surface area contributed by atoms with Crippen molar-refractivity contribution in [2.24, 2.45) is 0 Å². The highest BCUT2D eigenvalue weighted by Crippen LogP contribution is 2.25. The van der Waals surface area contributed by atoms with E-state index in [1.807, 2.05) is 4.90 Å². The molecule has 98 valence electrons. The molecule has 0 saturated carbocycles. The summed E-state index contributed by atoms with van der Waals surface area (Å²) in [6.45, 7) is 4.17. The summed E-state index contributed by atoms with van der Waals surface area (Å²) in [6.07, 6.45) is 4.77. The number of likely N-dealkylation sites (tertiary alicyclic amines) is 1. The molecule has 0 radical (unpaired) electrons. The van der Waals surface area contributed by atoms with Gasteiger partial charge in [-0.15, -0.1) is 0 Å². The fraction of sp³-hybridized carbons (Fsp3) is 0.538. The van der Waals surface area contributed by atoms with Crippen LogP contribution in [0.4, 0.5) is 5.82 Å². The molecule has 1 aliphatic heterocycles. The number of aromatic nitrogens is 1. The zero-order valence-electron chi connectivity index (χ0n) is 10.7. The van der Waals surface area contributed by atoms with Crippen LogP contribution in [0.15, 0.2) is 12.3 Å². The van der Waals surface area contributed by atoms with Gasteiger partial charge >= 0.3 is 0 Å². The van der Waals surface area contributed by atoms with Crippen LogP contribution in [0.3, 0.4) is 0 Å². The molecule has 1 aromatic rings. The van der Waals surface area contributed by atoms with Crippen molar-refractivity contribution in [2.45, 2.75) is 45.2 Å². The zero-order valence-corrected chi connectivity index (χ0v) is 11.4. The van der Waals surface area contributed by atoms with E-state index in [4.69, 9.17) is 17.3 Å². The fourth-order valence-corrected chi connectivity index (χ4v) is 2.70. The number of nitrogens with zero attached hydrogens (tertiary/aromatic N) is 2. The molecule has 0 aromatic carbocycles. The van der Waals surface area contributed by atoms with Crippen molar-refractivity contribution in [3.8, 4) is 0 Å². The lowest BCUT2D eigenvalue weighted by molar-refractivity contribution is 0.0510. The standard InChI is InChI=1S/C13H18ClN3O/c1-8-4-3-5-9(2)17(8)13(18)10-6-11(14)12(15)16-7-10/h6-9H,3-5H2,1-2H3,(H2,15,16). The van der Waals surface area contributed by atoms with Crippen LogP contribution in [0.25, 0.3) is 0 Å². The van der Waals surface area contributed by atoms with Crippen molar-refractivity contribution >= 4 is 23.3 Å². The number of nitrogens with two attached hydrogens (primary N) is 1. The quantitative estimate of drug-likeness (QED) is 0.851. The molecule has 5 heteroatoms. The molecular weight excluding hydrogens is 250 g/mol. The van der Waals surface area contributed by atoms with E-state index >= 15 is 0 Å². The van der Waals surface area contributed by atoms with Gasteiger partial charge < -0.3 is 10.6 Å². The maximum atomic E-state index is 12.5. The predicted molar refractivity (Wildman–Crippen MR) is 72.6 cm³/mol. The fourth-order valence-electron chi connectivity index (χ4n) is 2.54. The van der Waals surface area contributed by atoms with Gasteiger partial charge in [-0.05, 0) is 39.2 Å². The summed E-state index contributed by atoms with van der Waals surface area (Å²) < 4.78 is 0. The number of anilines is 1.